The van der Waals surface area contributed by atoms with Crippen LogP contribution in [0.1, 0.15) is 5.56 Å². The molecule has 1 aromatic carbocycles. The third kappa shape index (κ3) is 2.29. The summed E-state index contributed by atoms with van der Waals surface area (Å²) in [6.45, 7) is 1.79. The smallest absolute Gasteiger partial charge is 0.295 e. The van der Waals surface area contributed by atoms with Crippen LogP contribution in [0.2, 0.25) is 0 Å². The molecule has 0 radical (unpaired) electrons. The highest BCUT2D eigenvalue weighted by Crippen LogP contribution is 2.26. The molecule has 2 aromatic heterocycles. The summed E-state index contributed by atoms with van der Waals surface area (Å²) >= 11 is 0. The second kappa shape index (κ2) is 4.67. The summed E-state index contributed by atoms with van der Waals surface area (Å²) in [5.74, 6) is 0.604. The van der Waals surface area contributed by atoms with Gasteiger partial charge in [-0.2, -0.15) is 9.97 Å². The molecule has 0 bridgehead atoms. The van der Waals surface area contributed by atoms with Crippen LogP contribution >= 0.6 is 0 Å². The van der Waals surface area contributed by atoms with Gasteiger partial charge in [0.2, 0.25) is 17.6 Å². The Morgan fingerprint density at radius 3 is 2.86 bits per heavy atom. The lowest BCUT2D eigenvalue weighted by atomic mass is 10.1. The van der Waals surface area contributed by atoms with Crippen LogP contribution in [-0.2, 0) is 0 Å². The monoisotopic (exact) mass is 287 g/mol. The Hall–Kier alpha value is -3.30. The minimum absolute atomic E-state index is 0.0501. The lowest BCUT2D eigenvalue weighted by Crippen LogP contribution is -1.92. The van der Waals surface area contributed by atoms with Crippen LogP contribution in [0, 0.1) is 17.0 Å². The Bertz CT molecular complexity index is 823. The predicted octanol–water partition coefficient (Wildman–Crippen LogP) is 1.32. The maximum Gasteiger partial charge on any atom is 0.295 e. The molecular weight excluding hydrogens is 278 g/mol. The second-order valence-corrected chi connectivity index (χ2v) is 4.22. The minimum Gasteiger partial charge on any atom is -0.366 e. The van der Waals surface area contributed by atoms with Gasteiger partial charge in [0, 0.05) is 17.7 Å². The number of aromatic amines is 1. The van der Waals surface area contributed by atoms with Crippen molar-refractivity contribution in [1.29, 1.82) is 0 Å². The lowest BCUT2D eigenvalue weighted by molar-refractivity contribution is -0.384. The van der Waals surface area contributed by atoms with Crippen molar-refractivity contribution >= 4 is 11.6 Å². The highest BCUT2D eigenvalue weighted by atomic mass is 16.6. The standard InChI is InChI=1S/C11H9N7O3/c1-5-2-3-6(18(19)20)4-7(5)8-13-10(21-17-8)9-14-11(12)16-15-9/h2-4H,1H3,(H3,12,14,15,16). The van der Waals surface area contributed by atoms with E-state index < -0.39 is 4.92 Å². The van der Waals surface area contributed by atoms with E-state index in [4.69, 9.17) is 10.3 Å². The number of hydrogen-bond acceptors (Lipinski definition) is 8. The van der Waals surface area contributed by atoms with Crippen molar-refractivity contribution in [2.75, 3.05) is 5.73 Å². The molecule has 3 N–H and O–H groups in total. The van der Waals surface area contributed by atoms with Crippen molar-refractivity contribution in [3.8, 4) is 23.1 Å². The first-order chi connectivity index (χ1) is 10.0. The number of aryl methyl sites for hydroxylation is 1. The number of nitrogens with one attached hydrogen (secondary N) is 1. The summed E-state index contributed by atoms with van der Waals surface area (Å²) in [5, 5.41) is 20.8. The highest BCUT2D eigenvalue weighted by Gasteiger charge is 2.17. The van der Waals surface area contributed by atoms with Gasteiger partial charge in [-0.3, -0.25) is 15.2 Å². The van der Waals surface area contributed by atoms with Gasteiger partial charge in [0.05, 0.1) is 4.92 Å². The van der Waals surface area contributed by atoms with Gasteiger partial charge in [-0.15, -0.1) is 5.10 Å². The van der Waals surface area contributed by atoms with Crippen molar-refractivity contribution in [1.82, 2.24) is 25.3 Å². The number of nitrogens with zero attached hydrogens (tertiary/aromatic N) is 5. The van der Waals surface area contributed by atoms with Crippen molar-refractivity contribution < 1.29 is 9.45 Å². The van der Waals surface area contributed by atoms with Crippen LogP contribution in [0.15, 0.2) is 22.7 Å². The molecule has 2 heterocycles. The number of hydrogen-bond donors (Lipinski definition) is 2. The number of H-pyrrole nitrogens is 1. The number of nitro groups is 1. The number of nitrogen functional groups attached to an aromatic ring is 1. The summed E-state index contributed by atoms with van der Waals surface area (Å²) < 4.78 is 5.05. The molecule has 0 aliphatic carbocycles. The van der Waals surface area contributed by atoms with Crippen molar-refractivity contribution in [3.63, 3.8) is 0 Å². The van der Waals surface area contributed by atoms with Gasteiger partial charge in [0.15, 0.2) is 0 Å². The fourth-order valence-corrected chi connectivity index (χ4v) is 1.76. The van der Waals surface area contributed by atoms with Crippen LogP contribution in [0.25, 0.3) is 23.1 Å². The van der Waals surface area contributed by atoms with Crippen molar-refractivity contribution in [2.24, 2.45) is 0 Å². The van der Waals surface area contributed by atoms with Gasteiger partial charge in [-0.05, 0) is 12.5 Å². The Morgan fingerprint density at radius 1 is 1.38 bits per heavy atom. The van der Waals surface area contributed by atoms with E-state index in [2.05, 4.69) is 25.3 Å². The largest absolute Gasteiger partial charge is 0.366 e. The van der Waals surface area contributed by atoms with Gasteiger partial charge < -0.3 is 10.3 Å². The van der Waals surface area contributed by atoms with Crippen LogP contribution in [0.5, 0.6) is 0 Å². The maximum absolute atomic E-state index is 10.8. The molecule has 10 nitrogen and oxygen atoms in total. The molecule has 0 amide bonds. The van der Waals surface area contributed by atoms with E-state index in [1.54, 1.807) is 13.0 Å². The Kier molecular flexibility index (Phi) is 2.83. The molecule has 3 rings (SSSR count). The molecule has 0 unspecified atom stereocenters. The molecule has 0 fully saturated rings. The maximum atomic E-state index is 10.8. The van der Waals surface area contributed by atoms with Crippen molar-refractivity contribution in [3.05, 3.63) is 33.9 Å². The number of anilines is 1. The van der Waals surface area contributed by atoms with Crippen LogP contribution in [0.3, 0.4) is 0 Å². The van der Waals surface area contributed by atoms with Crippen LogP contribution < -0.4 is 5.73 Å². The molecule has 0 spiro atoms. The zero-order valence-electron chi connectivity index (χ0n) is 10.8. The van der Waals surface area contributed by atoms with Crippen LogP contribution in [-0.4, -0.2) is 30.2 Å². The molecule has 21 heavy (non-hydrogen) atoms. The quantitative estimate of drug-likeness (QED) is 0.540. The first kappa shape index (κ1) is 12.7. The van der Waals surface area contributed by atoms with E-state index in [1.807, 2.05) is 0 Å². The molecule has 0 atom stereocenters. The molecule has 106 valence electrons. The molecule has 3 aromatic rings. The van der Waals surface area contributed by atoms with Crippen LogP contribution in [0.4, 0.5) is 11.6 Å². The molecule has 10 heteroatoms. The highest BCUT2D eigenvalue weighted by molar-refractivity contribution is 5.64. The Morgan fingerprint density at radius 2 is 2.19 bits per heavy atom. The van der Waals surface area contributed by atoms with Gasteiger partial charge in [-0.25, -0.2) is 0 Å². The predicted molar refractivity (Wildman–Crippen MR) is 70.9 cm³/mol. The zero-order valence-corrected chi connectivity index (χ0v) is 10.8. The van der Waals surface area contributed by atoms with Gasteiger partial charge in [-0.1, -0.05) is 11.2 Å². The summed E-state index contributed by atoms with van der Waals surface area (Å²) in [4.78, 5) is 18.3. The third-order valence-corrected chi connectivity index (χ3v) is 2.80. The lowest BCUT2D eigenvalue weighted by Gasteiger charge is -1.99. The Labute approximate surface area is 117 Å². The molecule has 0 aliphatic rings. The number of benzene rings is 1. The fourth-order valence-electron chi connectivity index (χ4n) is 1.76. The molecule has 0 saturated heterocycles. The zero-order chi connectivity index (χ0) is 15.0. The topological polar surface area (TPSA) is 150 Å². The summed E-state index contributed by atoms with van der Waals surface area (Å²) in [5.41, 5.74) is 6.63. The minimum atomic E-state index is -0.485. The first-order valence-corrected chi connectivity index (χ1v) is 5.82. The summed E-state index contributed by atoms with van der Waals surface area (Å²) in [6.07, 6.45) is 0. The van der Waals surface area contributed by atoms with Crippen molar-refractivity contribution in [2.45, 2.75) is 6.92 Å². The number of nitro benzene ring substituents is 1. The first-order valence-electron chi connectivity index (χ1n) is 5.82. The normalized spacial score (nSPS) is 10.7. The molecular formula is C11H9N7O3. The number of aromatic nitrogens is 5. The molecule has 0 saturated carbocycles. The summed E-state index contributed by atoms with van der Waals surface area (Å²) in [7, 11) is 0. The van der Waals surface area contributed by atoms with E-state index in [0.717, 1.165) is 5.56 Å². The average Bonchev–Trinajstić information content (AvgIpc) is 3.07. The van der Waals surface area contributed by atoms with E-state index >= 15 is 0 Å². The van der Waals surface area contributed by atoms with Gasteiger partial charge in [0.25, 0.3) is 11.6 Å². The fraction of sp³-hybridized carbons (Fsp3) is 0.0909. The summed E-state index contributed by atoms with van der Waals surface area (Å²) in [6, 6.07) is 4.42. The third-order valence-electron chi connectivity index (χ3n) is 2.80. The number of non-ortho nitro benzene ring substituents is 1. The van der Waals surface area contributed by atoms with E-state index in [1.165, 1.54) is 12.1 Å². The average molecular weight is 287 g/mol. The van der Waals surface area contributed by atoms with Gasteiger partial charge in [0.1, 0.15) is 0 Å². The second-order valence-electron chi connectivity index (χ2n) is 4.22. The number of nitrogens with two attached hydrogens (primary N) is 1. The SMILES string of the molecule is Cc1ccc([N+](=O)[O-])cc1-c1noc(-c2nc(N)n[nH]2)n1. The van der Waals surface area contributed by atoms with E-state index in [-0.39, 0.29) is 29.2 Å². The van der Waals surface area contributed by atoms with Gasteiger partial charge >= 0.3 is 0 Å². The van der Waals surface area contributed by atoms with E-state index in [0.29, 0.717) is 5.56 Å². The molecule has 0 aliphatic heterocycles. The Balaban J connectivity index is 2.03. The van der Waals surface area contributed by atoms with E-state index in [9.17, 15) is 10.1 Å². The number of rotatable bonds is 3.